The molecular formula is C16H16ClN5O. The standard InChI is InChI=1S/C16H16ClN5O/c1-12-7-8-18-22(12)11-15(23)19-16-14(17)10-21(20-16)9-13-5-3-2-4-6-13/h2-8,10H,9,11H2,1H3,(H,19,20,23). The van der Waals surface area contributed by atoms with Crippen LogP contribution in [-0.4, -0.2) is 25.5 Å². The molecule has 1 amide bonds. The number of nitrogens with zero attached hydrogens (tertiary/aromatic N) is 4. The molecule has 0 unspecified atom stereocenters. The first-order valence-corrected chi connectivity index (χ1v) is 7.55. The molecule has 0 aliphatic carbocycles. The normalized spacial score (nSPS) is 10.7. The largest absolute Gasteiger partial charge is 0.306 e. The fourth-order valence-corrected chi connectivity index (χ4v) is 2.40. The van der Waals surface area contributed by atoms with Gasteiger partial charge in [-0.05, 0) is 18.6 Å². The molecule has 3 rings (SSSR count). The van der Waals surface area contributed by atoms with Gasteiger partial charge in [-0.3, -0.25) is 14.2 Å². The summed E-state index contributed by atoms with van der Waals surface area (Å²) in [6.07, 6.45) is 3.35. The molecular weight excluding hydrogens is 314 g/mol. The summed E-state index contributed by atoms with van der Waals surface area (Å²) in [6.45, 7) is 2.61. The van der Waals surface area contributed by atoms with Crippen LogP contribution in [0.25, 0.3) is 0 Å². The lowest BCUT2D eigenvalue weighted by molar-refractivity contribution is -0.117. The highest BCUT2D eigenvalue weighted by Crippen LogP contribution is 2.20. The molecule has 0 saturated carbocycles. The third-order valence-corrected chi connectivity index (χ3v) is 3.66. The number of hydrogen-bond donors (Lipinski definition) is 1. The van der Waals surface area contributed by atoms with E-state index in [2.05, 4.69) is 15.5 Å². The van der Waals surface area contributed by atoms with E-state index in [4.69, 9.17) is 11.6 Å². The number of carbonyl (C=O) groups is 1. The average Bonchev–Trinajstić information content (AvgIpc) is 3.07. The molecule has 1 N–H and O–H groups in total. The van der Waals surface area contributed by atoms with Crippen LogP contribution < -0.4 is 5.32 Å². The minimum atomic E-state index is -0.219. The van der Waals surface area contributed by atoms with E-state index in [1.807, 2.05) is 43.3 Å². The SMILES string of the molecule is Cc1ccnn1CC(=O)Nc1nn(Cc2ccccc2)cc1Cl. The van der Waals surface area contributed by atoms with E-state index in [1.165, 1.54) is 0 Å². The molecule has 23 heavy (non-hydrogen) atoms. The fraction of sp³-hybridized carbons (Fsp3) is 0.188. The van der Waals surface area contributed by atoms with Crippen LogP contribution in [0.3, 0.4) is 0 Å². The maximum absolute atomic E-state index is 12.1. The van der Waals surface area contributed by atoms with Gasteiger partial charge < -0.3 is 5.32 Å². The van der Waals surface area contributed by atoms with E-state index in [1.54, 1.807) is 21.8 Å². The van der Waals surface area contributed by atoms with Crippen molar-refractivity contribution in [3.05, 3.63) is 65.1 Å². The first-order valence-electron chi connectivity index (χ1n) is 7.17. The molecule has 2 heterocycles. The van der Waals surface area contributed by atoms with Gasteiger partial charge in [0.05, 0.1) is 6.54 Å². The lowest BCUT2D eigenvalue weighted by Gasteiger charge is -2.05. The van der Waals surface area contributed by atoms with Gasteiger partial charge in [0.2, 0.25) is 5.91 Å². The monoisotopic (exact) mass is 329 g/mol. The van der Waals surface area contributed by atoms with Gasteiger partial charge in [-0.25, -0.2) is 0 Å². The van der Waals surface area contributed by atoms with Crippen LogP contribution in [-0.2, 0) is 17.9 Å². The molecule has 0 fully saturated rings. The van der Waals surface area contributed by atoms with Crippen molar-refractivity contribution in [1.29, 1.82) is 0 Å². The second-order valence-electron chi connectivity index (χ2n) is 5.19. The third-order valence-electron chi connectivity index (χ3n) is 3.38. The lowest BCUT2D eigenvalue weighted by Crippen LogP contribution is -2.20. The Kier molecular flexibility index (Phi) is 4.43. The van der Waals surface area contributed by atoms with E-state index in [9.17, 15) is 4.79 Å². The molecule has 0 radical (unpaired) electrons. The lowest BCUT2D eigenvalue weighted by atomic mass is 10.2. The van der Waals surface area contributed by atoms with E-state index >= 15 is 0 Å². The van der Waals surface area contributed by atoms with E-state index in [0.717, 1.165) is 11.3 Å². The molecule has 7 heteroatoms. The smallest absolute Gasteiger partial charge is 0.247 e. The van der Waals surface area contributed by atoms with Crippen molar-refractivity contribution in [2.24, 2.45) is 0 Å². The highest BCUT2D eigenvalue weighted by atomic mass is 35.5. The maximum Gasteiger partial charge on any atom is 0.247 e. The van der Waals surface area contributed by atoms with Crippen molar-refractivity contribution in [1.82, 2.24) is 19.6 Å². The Morgan fingerprint density at radius 1 is 1.26 bits per heavy atom. The number of anilines is 1. The summed E-state index contributed by atoms with van der Waals surface area (Å²) >= 11 is 6.15. The van der Waals surface area contributed by atoms with Crippen LogP contribution in [0.5, 0.6) is 0 Å². The summed E-state index contributed by atoms with van der Waals surface area (Å²) in [6, 6.07) is 11.8. The number of carbonyl (C=O) groups excluding carboxylic acids is 1. The summed E-state index contributed by atoms with van der Waals surface area (Å²) in [7, 11) is 0. The number of benzene rings is 1. The fourth-order valence-electron chi connectivity index (χ4n) is 2.21. The Hall–Kier alpha value is -2.60. The van der Waals surface area contributed by atoms with E-state index in [0.29, 0.717) is 17.4 Å². The topological polar surface area (TPSA) is 64.7 Å². The van der Waals surface area contributed by atoms with Crippen molar-refractivity contribution in [2.75, 3.05) is 5.32 Å². The Labute approximate surface area is 138 Å². The number of amides is 1. The predicted molar refractivity (Wildman–Crippen MR) is 88.4 cm³/mol. The van der Waals surface area contributed by atoms with Gasteiger partial charge in [0.25, 0.3) is 0 Å². The van der Waals surface area contributed by atoms with Gasteiger partial charge in [-0.15, -0.1) is 0 Å². The van der Waals surface area contributed by atoms with Crippen LogP contribution in [0.2, 0.25) is 5.02 Å². The van der Waals surface area contributed by atoms with Crippen molar-refractivity contribution < 1.29 is 4.79 Å². The average molecular weight is 330 g/mol. The molecule has 0 saturated heterocycles. The van der Waals surface area contributed by atoms with Crippen LogP contribution in [0, 0.1) is 6.92 Å². The number of halogens is 1. The minimum Gasteiger partial charge on any atom is -0.306 e. The quantitative estimate of drug-likeness (QED) is 0.782. The molecule has 0 aliphatic heterocycles. The molecule has 0 atom stereocenters. The summed E-state index contributed by atoms with van der Waals surface area (Å²) in [5.41, 5.74) is 2.03. The number of hydrogen-bond acceptors (Lipinski definition) is 3. The molecule has 0 bridgehead atoms. The summed E-state index contributed by atoms with van der Waals surface area (Å²) in [5, 5.41) is 11.5. The van der Waals surface area contributed by atoms with Crippen LogP contribution in [0.15, 0.2) is 48.8 Å². The van der Waals surface area contributed by atoms with Crippen LogP contribution in [0.4, 0.5) is 5.82 Å². The van der Waals surface area contributed by atoms with Crippen molar-refractivity contribution >= 4 is 23.3 Å². The Morgan fingerprint density at radius 3 is 2.74 bits per heavy atom. The Bertz CT molecular complexity index is 809. The molecule has 0 spiro atoms. The third kappa shape index (κ3) is 3.78. The zero-order chi connectivity index (χ0) is 16.2. The zero-order valence-corrected chi connectivity index (χ0v) is 13.4. The van der Waals surface area contributed by atoms with Gasteiger partial charge in [-0.1, -0.05) is 41.9 Å². The summed E-state index contributed by atoms with van der Waals surface area (Å²) in [5.74, 6) is 0.140. The number of aryl methyl sites for hydroxylation is 1. The number of aromatic nitrogens is 4. The van der Waals surface area contributed by atoms with Crippen molar-refractivity contribution in [3.8, 4) is 0 Å². The summed E-state index contributed by atoms with van der Waals surface area (Å²) < 4.78 is 3.32. The Balaban J connectivity index is 1.66. The highest BCUT2D eigenvalue weighted by molar-refractivity contribution is 6.33. The first-order chi connectivity index (χ1) is 11.1. The van der Waals surface area contributed by atoms with Gasteiger partial charge in [0.15, 0.2) is 5.82 Å². The predicted octanol–water partition coefficient (Wildman–Crippen LogP) is 2.73. The molecule has 2 aromatic heterocycles. The molecule has 118 valence electrons. The minimum absolute atomic E-state index is 0.126. The second kappa shape index (κ2) is 6.66. The van der Waals surface area contributed by atoms with E-state index < -0.39 is 0 Å². The first kappa shape index (κ1) is 15.3. The Morgan fingerprint density at radius 2 is 2.04 bits per heavy atom. The molecule has 0 aliphatic rings. The van der Waals surface area contributed by atoms with Gasteiger partial charge in [0.1, 0.15) is 11.6 Å². The molecule has 6 nitrogen and oxygen atoms in total. The van der Waals surface area contributed by atoms with Crippen LogP contribution in [0.1, 0.15) is 11.3 Å². The van der Waals surface area contributed by atoms with Crippen LogP contribution >= 0.6 is 11.6 Å². The second-order valence-corrected chi connectivity index (χ2v) is 5.59. The number of rotatable bonds is 5. The zero-order valence-electron chi connectivity index (χ0n) is 12.6. The summed E-state index contributed by atoms with van der Waals surface area (Å²) in [4.78, 5) is 12.1. The van der Waals surface area contributed by atoms with Gasteiger partial charge in [-0.2, -0.15) is 10.2 Å². The molecule has 1 aromatic carbocycles. The molecule has 3 aromatic rings. The van der Waals surface area contributed by atoms with Crippen molar-refractivity contribution in [2.45, 2.75) is 20.0 Å². The van der Waals surface area contributed by atoms with E-state index in [-0.39, 0.29) is 12.5 Å². The number of nitrogens with one attached hydrogen (secondary N) is 1. The highest BCUT2D eigenvalue weighted by Gasteiger charge is 2.12. The van der Waals surface area contributed by atoms with Crippen molar-refractivity contribution in [3.63, 3.8) is 0 Å². The van der Waals surface area contributed by atoms with Gasteiger partial charge in [0, 0.05) is 18.1 Å². The maximum atomic E-state index is 12.1. The van der Waals surface area contributed by atoms with Gasteiger partial charge >= 0.3 is 0 Å².